The van der Waals surface area contributed by atoms with Crippen LogP contribution in [-0.4, -0.2) is 88.0 Å². The van der Waals surface area contributed by atoms with E-state index in [0.29, 0.717) is 38.8 Å². The van der Waals surface area contributed by atoms with Gasteiger partial charge in [0.15, 0.2) is 5.96 Å². The van der Waals surface area contributed by atoms with Gasteiger partial charge in [0.2, 0.25) is 17.7 Å². The number of carbonyl (C=O) groups is 5. The van der Waals surface area contributed by atoms with Crippen molar-refractivity contribution in [1.29, 1.82) is 5.41 Å². The molecule has 0 aromatic heterocycles. The number of rotatable bonds is 12. The summed E-state index contributed by atoms with van der Waals surface area (Å²) in [7, 11) is 0. The Hall–Kier alpha value is -3.42. The Morgan fingerprint density at radius 2 is 1.84 bits per heavy atom. The molecule has 3 amide bonds. The fourth-order valence-electron chi connectivity index (χ4n) is 3.23. The number of nitrogens with two attached hydrogens (primary N) is 2. The molecule has 1 heterocycles. The fraction of sp³-hybridized carbons (Fsp3) is 0.667. The number of hydrogen-bond acceptors (Lipinski definition) is 7. The van der Waals surface area contributed by atoms with Gasteiger partial charge >= 0.3 is 11.9 Å². The molecule has 0 aromatic rings. The Labute approximate surface area is 184 Å². The maximum atomic E-state index is 12.7. The largest absolute Gasteiger partial charge is 0.481 e. The van der Waals surface area contributed by atoms with Crippen LogP contribution in [0.3, 0.4) is 0 Å². The van der Waals surface area contributed by atoms with Crippen LogP contribution in [-0.2, 0) is 24.0 Å². The first-order chi connectivity index (χ1) is 14.9. The van der Waals surface area contributed by atoms with Gasteiger partial charge in [-0.2, -0.15) is 0 Å². The summed E-state index contributed by atoms with van der Waals surface area (Å²) in [5.74, 6) is -4.96. The topological polar surface area (TPSA) is 241 Å². The number of carbonyl (C=O) groups excluding carboxylic acids is 3. The Bertz CT molecular complexity index is 745. The van der Waals surface area contributed by atoms with Crippen molar-refractivity contribution in [2.75, 3.05) is 13.1 Å². The minimum absolute atomic E-state index is 0.183. The Morgan fingerprint density at radius 1 is 1.19 bits per heavy atom. The summed E-state index contributed by atoms with van der Waals surface area (Å²) in [5, 5.41) is 31.9. The maximum absolute atomic E-state index is 12.7. The number of amides is 3. The smallest absolute Gasteiger partial charge is 0.326 e. The van der Waals surface area contributed by atoms with Gasteiger partial charge in [0, 0.05) is 13.1 Å². The maximum Gasteiger partial charge on any atom is 0.326 e. The minimum Gasteiger partial charge on any atom is -0.481 e. The molecule has 0 radical (unpaired) electrons. The molecule has 0 aromatic carbocycles. The van der Waals surface area contributed by atoms with Gasteiger partial charge in [-0.05, 0) is 32.6 Å². The van der Waals surface area contributed by atoms with Crippen molar-refractivity contribution in [1.82, 2.24) is 20.9 Å². The first kappa shape index (κ1) is 26.6. The van der Waals surface area contributed by atoms with E-state index in [1.54, 1.807) is 0 Å². The molecule has 0 spiro atoms. The lowest BCUT2D eigenvalue weighted by Gasteiger charge is -2.28. The summed E-state index contributed by atoms with van der Waals surface area (Å²) in [6.45, 7) is 2.03. The quantitative estimate of drug-likeness (QED) is 0.0845. The van der Waals surface area contributed by atoms with Gasteiger partial charge in [0.1, 0.15) is 18.1 Å². The molecule has 1 rings (SSSR count). The zero-order valence-electron chi connectivity index (χ0n) is 17.8. The van der Waals surface area contributed by atoms with Gasteiger partial charge in [-0.1, -0.05) is 0 Å². The number of hydrogen-bond donors (Lipinski definition) is 8. The van der Waals surface area contributed by atoms with E-state index < -0.39 is 60.2 Å². The number of carboxylic acids is 2. The second kappa shape index (κ2) is 12.4. The normalized spacial score (nSPS) is 18.2. The molecule has 32 heavy (non-hydrogen) atoms. The Morgan fingerprint density at radius 3 is 2.41 bits per heavy atom. The third-order valence-electron chi connectivity index (χ3n) is 4.91. The van der Waals surface area contributed by atoms with Crippen LogP contribution >= 0.6 is 0 Å². The van der Waals surface area contributed by atoms with E-state index in [1.807, 2.05) is 0 Å². The molecule has 0 saturated carbocycles. The van der Waals surface area contributed by atoms with Gasteiger partial charge in [-0.15, -0.1) is 0 Å². The molecule has 180 valence electrons. The highest BCUT2D eigenvalue weighted by Crippen LogP contribution is 2.19. The predicted molar refractivity (Wildman–Crippen MR) is 111 cm³/mol. The van der Waals surface area contributed by atoms with Crippen molar-refractivity contribution < 1.29 is 34.2 Å². The van der Waals surface area contributed by atoms with Crippen LogP contribution < -0.4 is 27.4 Å². The summed E-state index contributed by atoms with van der Waals surface area (Å²) in [4.78, 5) is 60.7. The van der Waals surface area contributed by atoms with Crippen molar-refractivity contribution >= 4 is 35.6 Å². The van der Waals surface area contributed by atoms with Crippen LogP contribution in [0, 0.1) is 5.41 Å². The molecule has 1 saturated heterocycles. The fourth-order valence-corrected chi connectivity index (χ4v) is 3.23. The number of guanidine groups is 1. The van der Waals surface area contributed by atoms with Crippen molar-refractivity contribution in [2.24, 2.45) is 11.5 Å². The highest BCUT2D eigenvalue weighted by Gasteiger charge is 2.37. The highest BCUT2D eigenvalue weighted by atomic mass is 16.4. The van der Waals surface area contributed by atoms with Crippen LogP contribution in [0.5, 0.6) is 0 Å². The first-order valence-corrected chi connectivity index (χ1v) is 10.1. The number of likely N-dealkylation sites (tertiary alicyclic amines) is 1. The molecule has 1 fully saturated rings. The highest BCUT2D eigenvalue weighted by molar-refractivity contribution is 5.94. The third kappa shape index (κ3) is 8.37. The second-order valence-electron chi connectivity index (χ2n) is 7.51. The van der Waals surface area contributed by atoms with Gasteiger partial charge in [0.25, 0.3) is 0 Å². The van der Waals surface area contributed by atoms with E-state index in [9.17, 15) is 24.0 Å². The van der Waals surface area contributed by atoms with Crippen LogP contribution in [0.15, 0.2) is 0 Å². The number of nitrogens with zero attached hydrogens (tertiary/aromatic N) is 1. The van der Waals surface area contributed by atoms with Crippen molar-refractivity contribution in [3.05, 3.63) is 0 Å². The van der Waals surface area contributed by atoms with Crippen LogP contribution in [0.2, 0.25) is 0 Å². The number of carboxylic acid groups (broad SMARTS) is 2. The molecule has 0 bridgehead atoms. The summed E-state index contributed by atoms with van der Waals surface area (Å²) >= 11 is 0. The molecule has 14 nitrogen and oxygen atoms in total. The molecule has 0 aliphatic carbocycles. The monoisotopic (exact) mass is 457 g/mol. The lowest BCUT2D eigenvalue weighted by molar-refractivity contribution is -0.147. The van der Waals surface area contributed by atoms with Crippen molar-refractivity contribution in [3.63, 3.8) is 0 Å². The molecule has 1 aliphatic heterocycles. The van der Waals surface area contributed by atoms with Crippen molar-refractivity contribution in [3.8, 4) is 0 Å². The lowest BCUT2D eigenvalue weighted by Crippen LogP contribution is -2.56. The zero-order chi connectivity index (χ0) is 24.4. The van der Waals surface area contributed by atoms with E-state index in [1.165, 1.54) is 11.8 Å². The molecule has 10 N–H and O–H groups in total. The molecule has 1 aliphatic rings. The number of aliphatic carboxylic acids is 2. The van der Waals surface area contributed by atoms with Gasteiger partial charge in [0.05, 0.1) is 12.5 Å². The SMILES string of the molecule is C[C@H](NC(=O)[C@@H]1CCCN1C(=O)[C@@H](N)CCCNC(=N)N)C(=O)N[C@@H](CC(=O)O)C(=O)O. The van der Waals surface area contributed by atoms with E-state index in [-0.39, 0.29) is 5.96 Å². The minimum atomic E-state index is -1.64. The van der Waals surface area contributed by atoms with Crippen molar-refractivity contribution in [2.45, 2.75) is 63.2 Å². The first-order valence-electron chi connectivity index (χ1n) is 10.1. The lowest BCUT2D eigenvalue weighted by atomic mass is 10.1. The van der Waals surface area contributed by atoms with Gasteiger partial charge < -0.3 is 42.5 Å². The molecule has 0 unspecified atom stereocenters. The molecule has 4 atom stereocenters. The van der Waals surface area contributed by atoms with Gasteiger partial charge in [-0.25, -0.2) is 4.79 Å². The van der Waals surface area contributed by atoms with Crippen LogP contribution in [0.25, 0.3) is 0 Å². The molecule has 14 heteroatoms. The summed E-state index contributed by atoms with van der Waals surface area (Å²) in [6, 6.07) is -4.46. The Balaban J connectivity index is 2.63. The standard InChI is InChI=1S/C18H31N7O7/c1-9(14(28)24-11(17(31)32)8-13(26)27)23-15(29)12-5-3-7-25(12)16(30)10(19)4-2-6-22-18(20)21/h9-12H,2-8,19H2,1H3,(H,23,29)(H,24,28)(H,26,27)(H,31,32)(H4,20,21,22)/t9-,10-,11-,12-/m0/s1. The predicted octanol–water partition coefficient (Wildman–Crippen LogP) is -2.88. The number of nitrogens with one attached hydrogen (secondary N) is 4. The second-order valence-corrected chi connectivity index (χ2v) is 7.51. The van der Waals surface area contributed by atoms with E-state index in [0.717, 1.165) is 0 Å². The van der Waals surface area contributed by atoms with Crippen LogP contribution in [0.1, 0.15) is 39.0 Å². The Kier molecular flexibility index (Phi) is 10.3. The van der Waals surface area contributed by atoms with E-state index >= 15 is 0 Å². The van der Waals surface area contributed by atoms with E-state index in [2.05, 4.69) is 16.0 Å². The van der Waals surface area contributed by atoms with Gasteiger partial charge in [-0.3, -0.25) is 24.6 Å². The zero-order valence-corrected chi connectivity index (χ0v) is 17.8. The average molecular weight is 457 g/mol. The van der Waals surface area contributed by atoms with E-state index in [4.69, 9.17) is 27.1 Å². The molecular weight excluding hydrogens is 426 g/mol. The average Bonchev–Trinajstić information content (AvgIpc) is 3.19. The van der Waals surface area contributed by atoms with Crippen LogP contribution in [0.4, 0.5) is 0 Å². The third-order valence-corrected chi connectivity index (χ3v) is 4.91. The molecular formula is C18H31N7O7. The summed E-state index contributed by atoms with van der Waals surface area (Å²) in [6.07, 6.45) is 0.953. The summed E-state index contributed by atoms with van der Waals surface area (Å²) < 4.78 is 0. The summed E-state index contributed by atoms with van der Waals surface area (Å²) in [5.41, 5.74) is 11.1.